The van der Waals surface area contributed by atoms with Crippen LogP contribution in [0.4, 0.5) is 0 Å². The molecule has 6 unspecified atom stereocenters. The van der Waals surface area contributed by atoms with Gasteiger partial charge in [0.1, 0.15) is 0 Å². The van der Waals surface area contributed by atoms with Crippen molar-refractivity contribution in [3.8, 4) is 0 Å². The maximum Gasteiger partial charge on any atom is 0.489 e. The first-order valence-corrected chi connectivity index (χ1v) is 25.0. The van der Waals surface area contributed by atoms with Gasteiger partial charge in [-0.05, 0) is 88.6 Å². The largest absolute Gasteiger partial charge is 0.489 e. The van der Waals surface area contributed by atoms with E-state index in [1.165, 1.54) is 51.4 Å². The molecule has 8 nitrogen and oxygen atoms in total. The molecular weight excluding hydrogens is 553 g/mol. The van der Waals surface area contributed by atoms with Crippen molar-refractivity contribution in [2.45, 2.75) is 126 Å². The van der Waals surface area contributed by atoms with Crippen molar-refractivity contribution >= 4 is 34.2 Å². The van der Waals surface area contributed by atoms with Crippen LogP contribution in [0.3, 0.4) is 0 Å². The first-order chi connectivity index (χ1) is 18.0. The molecule has 222 valence electrons. The van der Waals surface area contributed by atoms with Crippen LogP contribution in [0.5, 0.6) is 0 Å². The molecule has 2 saturated carbocycles. The molecule has 0 spiro atoms. The van der Waals surface area contributed by atoms with Crippen LogP contribution in [0.1, 0.15) is 51.4 Å². The third kappa shape index (κ3) is 8.54. The van der Waals surface area contributed by atoms with Gasteiger partial charge in [0.05, 0.1) is 24.4 Å². The second-order valence-corrected chi connectivity index (χ2v) is 28.3. The minimum Gasteiger partial charge on any atom is -0.416 e. The summed E-state index contributed by atoms with van der Waals surface area (Å²) in [5.41, 5.74) is 0. The van der Waals surface area contributed by atoms with Crippen LogP contribution in [0.25, 0.3) is 0 Å². The summed E-state index contributed by atoms with van der Waals surface area (Å²) in [4.78, 5) is 0. The Morgan fingerprint density at radius 2 is 0.895 bits per heavy atom. The summed E-state index contributed by atoms with van der Waals surface area (Å²) in [6.45, 7) is 9.21. The van der Waals surface area contributed by atoms with Gasteiger partial charge in [-0.15, -0.1) is 0 Å². The third-order valence-electron chi connectivity index (χ3n) is 9.38. The van der Waals surface area contributed by atoms with Gasteiger partial charge in [0.2, 0.25) is 0 Å². The highest BCUT2D eigenvalue weighted by atomic mass is 28.5. The molecule has 2 aliphatic carbocycles. The molecule has 0 amide bonds. The van der Waals surface area contributed by atoms with Gasteiger partial charge < -0.3 is 35.4 Å². The fourth-order valence-corrected chi connectivity index (χ4v) is 22.2. The molecule has 0 aromatic carbocycles. The summed E-state index contributed by atoms with van der Waals surface area (Å²) in [5.74, 6) is 1.51. The van der Waals surface area contributed by atoms with Crippen LogP contribution in [0, 0.1) is 11.8 Å². The Bertz CT molecular complexity index is 702. The van der Waals surface area contributed by atoms with Crippen molar-refractivity contribution in [3.63, 3.8) is 0 Å². The Morgan fingerprint density at radius 3 is 1.21 bits per heavy atom. The zero-order valence-corrected chi connectivity index (χ0v) is 29.2. The van der Waals surface area contributed by atoms with Gasteiger partial charge in [-0.25, -0.2) is 0 Å². The second kappa shape index (κ2) is 12.8. The smallest absolute Gasteiger partial charge is 0.416 e. The summed E-state index contributed by atoms with van der Waals surface area (Å²) < 4.78 is 49.4. The Hall–Kier alpha value is 0.548. The number of fused-ring (bicyclic) bond motifs is 2. The van der Waals surface area contributed by atoms with E-state index in [0.717, 1.165) is 23.9 Å². The average molecular weight is 607 g/mol. The van der Waals surface area contributed by atoms with E-state index in [4.69, 9.17) is 35.4 Å². The summed E-state index contributed by atoms with van der Waals surface area (Å²) in [5, 5.41) is 0. The molecule has 0 N–H and O–H groups in total. The molecule has 2 saturated heterocycles. The second-order valence-electron chi connectivity index (χ2n) is 13.3. The van der Waals surface area contributed by atoms with Gasteiger partial charge in [-0.1, -0.05) is 12.8 Å². The highest BCUT2D eigenvalue weighted by Crippen LogP contribution is 2.43. The van der Waals surface area contributed by atoms with Crippen molar-refractivity contribution in [1.29, 1.82) is 0 Å². The van der Waals surface area contributed by atoms with Gasteiger partial charge in [0.25, 0.3) is 0 Å². The number of epoxide rings is 2. The molecule has 4 rings (SSSR count). The van der Waals surface area contributed by atoms with E-state index in [9.17, 15) is 0 Å². The van der Waals surface area contributed by atoms with E-state index in [0.29, 0.717) is 36.5 Å². The number of hydrogen-bond acceptors (Lipinski definition) is 8. The van der Waals surface area contributed by atoms with Gasteiger partial charge in [-0.2, -0.15) is 0 Å². The van der Waals surface area contributed by atoms with Crippen molar-refractivity contribution < 1.29 is 35.4 Å². The van der Waals surface area contributed by atoms with E-state index in [2.05, 4.69) is 26.2 Å². The summed E-state index contributed by atoms with van der Waals surface area (Å²) in [6, 6.07) is 3.49. The molecular formula is C26H54O8Si4. The summed E-state index contributed by atoms with van der Waals surface area (Å²) >= 11 is 0. The topological polar surface area (TPSA) is 80.4 Å². The van der Waals surface area contributed by atoms with Crippen molar-refractivity contribution in [2.24, 2.45) is 11.8 Å². The highest BCUT2D eigenvalue weighted by Gasteiger charge is 2.52. The van der Waals surface area contributed by atoms with Crippen molar-refractivity contribution in [2.75, 3.05) is 28.4 Å². The summed E-state index contributed by atoms with van der Waals surface area (Å²) in [6.07, 6.45) is 12.0. The normalized spacial score (nSPS) is 31.6. The van der Waals surface area contributed by atoms with Gasteiger partial charge >= 0.3 is 17.6 Å². The molecule has 0 radical (unpaired) electrons. The predicted octanol–water partition coefficient (Wildman–Crippen LogP) is 5.81. The van der Waals surface area contributed by atoms with Gasteiger partial charge in [0, 0.05) is 40.5 Å². The summed E-state index contributed by atoms with van der Waals surface area (Å²) in [7, 11) is -2.91. The number of hydrogen-bond donors (Lipinski definition) is 0. The van der Waals surface area contributed by atoms with Crippen LogP contribution in [-0.2, 0) is 35.4 Å². The number of rotatable bonds is 17. The fourth-order valence-electron chi connectivity index (χ4n) is 6.70. The van der Waals surface area contributed by atoms with Crippen LogP contribution in [0.2, 0.25) is 50.4 Å². The number of ether oxygens (including phenoxy) is 2. The lowest BCUT2D eigenvalue weighted by atomic mass is 9.88. The SMILES string of the molecule is CO[Si](CC[Si](OC)(OC)O[Si](C)(C)CCC1CCC2OC2C1)(OC)O[Si](C)(C)CCC1CCC2OC2C1. The lowest BCUT2D eigenvalue weighted by Crippen LogP contribution is -2.56. The molecule has 2 aliphatic heterocycles. The lowest BCUT2D eigenvalue weighted by molar-refractivity contribution is 0.142. The zero-order valence-electron chi connectivity index (χ0n) is 25.2. The maximum absolute atomic E-state index is 6.86. The standard InChI is InChI=1S/C26H54O8Si4/c1-27-37(28-2,33-35(5,6)15-13-21-9-11-23-25(19-21)31-23)17-18-38(29-3,30-4)34-36(7,8)16-14-22-10-12-24-26(20-22)32-24/h21-26H,9-20H2,1-8H3. The molecule has 0 bridgehead atoms. The predicted molar refractivity (Wildman–Crippen MR) is 157 cm³/mol. The molecule has 0 aromatic heterocycles. The van der Waals surface area contributed by atoms with Crippen molar-refractivity contribution in [1.82, 2.24) is 0 Å². The monoisotopic (exact) mass is 606 g/mol. The Morgan fingerprint density at radius 1 is 0.526 bits per heavy atom. The molecule has 4 aliphatic rings. The van der Waals surface area contributed by atoms with Crippen LogP contribution in [-0.4, -0.2) is 87.1 Å². The van der Waals surface area contributed by atoms with E-state index in [1.54, 1.807) is 28.4 Å². The van der Waals surface area contributed by atoms with Crippen molar-refractivity contribution in [3.05, 3.63) is 0 Å². The molecule has 38 heavy (non-hydrogen) atoms. The van der Waals surface area contributed by atoms with E-state index >= 15 is 0 Å². The minimum absolute atomic E-state index is 0.530. The first kappa shape index (κ1) is 31.5. The van der Waals surface area contributed by atoms with E-state index in [-0.39, 0.29) is 0 Å². The first-order valence-electron chi connectivity index (χ1n) is 14.9. The molecule has 4 fully saturated rings. The van der Waals surface area contributed by atoms with E-state index < -0.39 is 34.2 Å². The van der Waals surface area contributed by atoms with Crippen LogP contribution < -0.4 is 0 Å². The van der Waals surface area contributed by atoms with Gasteiger partial charge in [0.15, 0.2) is 16.6 Å². The molecule has 12 heteroatoms. The zero-order chi connectivity index (χ0) is 27.6. The molecule has 0 aromatic rings. The maximum atomic E-state index is 6.86. The highest BCUT2D eigenvalue weighted by molar-refractivity contribution is 6.83. The van der Waals surface area contributed by atoms with E-state index in [1.807, 2.05) is 0 Å². The Balaban J connectivity index is 1.29. The Kier molecular flexibility index (Phi) is 10.6. The minimum atomic E-state index is -2.90. The van der Waals surface area contributed by atoms with Crippen LogP contribution >= 0.6 is 0 Å². The fraction of sp³-hybridized carbons (Fsp3) is 1.00. The van der Waals surface area contributed by atoms with Gasteiger partial charge in [-0.3, -0.25) is 0 Å². The average Bonchev–Trinajstić information content (AvgIpc) is 3.82. The third-order valence-corrected chi connectivity index (χ3v) is 24.0. The molecule has 2 heterocycles. The quantitative estimate of drug-likeness (QED) is 0.152. The molecule has 6 atom stereocenters. The lowest BCUT2D eigenvalue weighted by Gasteiger charge is -2.39. The Labute approximate surface area is 235 Å². The van der Waals surface area contributed by atoms with Crippen LogP contribution in [0.15, 0.2) is 0 Å².